The van der Waals surface area contributed by atoms with Crippen LogP contribution in [0.2, 0.25) is 5.02 Å². The van der Waals surface area contributed by atoms with Gasteiger partial charge in [-0.15, -0.1) is 11.3 Å². The Balaban J connectivity index is 2.00. The Labute approximate surface area is 185 Å². The fourth-order valence-corrected chi connectivity index (χ4v) is 4.29. The van der Waals surface area contributed by atoms with Crippen LogP contribution in [0.25, 0.3) is 10.4 Å². The topological polar surface area (TPSA) is 96.4 Å². The van der Waals surface area contributed by atoms with E-state index in [0.29, 0.717) is 21.0 Å². The molecule has 31 heavy (non-hydrogen) atoms. The molecule has 0 fully saturated rings. The molecule has 0 atom stereocenters. The first-order valence-electron chi connectivity index (χ1n) is 8.65. The largest absolute Gasteiger partial charge is 0.429 e. The summed E-state index contributed by atoms with van der Waals surface area (Å²) >= 11 is 7.26. The Bertz CT molecular complexity index is 1250. The Morgan fingerprint density at radius 3 is 2.29 bits per heavy atom. The number of nitrogens with one attached hydrogen (secondary N) is 1. The number of primary sulfonamides is 1. The minimum absolute atomic E-state index is 0.0485. The lowest BCUT2D eigenvalue weighted by atomic mass is 10.1. The van der Waals surface area contributed by atoms with Crippen molar-refractivity contribution in [2.45, 2.75) is 17.5 Å². The van der Waals surface area contributed by atoms with E-state index < -0.39 is 28.3 Å². The molecule has 0 saturated carbocycles. The van der Waals surface area contributed by atoms with Gasteiger partial charge in [0.15, 0.2) is 0 Å². The number of hydrogen-bond acceptors (Lipinski definition) is 5. The summed E-state index contributed by atoms with van der Waals surface area (Å²) in [7, 11) is -3.83. The van der Waals surface area contributed by atoms with E-state index in [1.165, 1.54) is 23.5 Å². The molecule has 3 rings (SSSR count). The number of thiophene rings is 1. The van der Waals surface area contributed by atoms with Crippen LogP contribution in [0.15, 0.2) is 70.6 Å². The van der Waals surface area contributed by atoms with Crippen molar-refractivity contribution in [1.82, 2.24) is 0 Å². The number of nitrogens with two attached hydrogens (primary N) is 1. The Hall–Kier alpha value is -2.53. The Morgan fingerprint density at radius 2 is 1.71 bits per heavy atom. The number of alkyl halides is 3. The first-order chi connectivity index (χ1) is 14.4. The van der Waals surface area contributed by atoms with Gasteiger partial charge >= 0.3 is 6.18 Å². The van der Waals surface area contributed by atoms with E-state index >= 15 is 0 Å². The number of hydrogen-bond donors (Lipinski definition) is 2. The van der Waals surface area contributed by atoms with E-state index in [-0.39, 0.29) is 15.6 Å². The smallest absolute Gasteiger partial charge is 0.300 e. The molecule has 0 radical (unpaired) electrons. The van der Waals surface area contributed by atoms with Crippen molar-refractivity contribution < 1.29 is 21.6 Å². The molecule has 0 amide bonds. The molecule has 11 heteroatoms. The summed E-state index contributed by atoms with van der Waals surface area (Å²) in [5.74, 6) is 0. The van der Waals surface area contributed by atoms with Gasteiger partial charge in [-0.3, -0.25) is 4.99 Å². The molecule has 0 saturated heterocycles. The molecule has 5 nitrogen and oxygen atoms in total. The zero-order valence-electron chi connectivity index (χ0n) is 15.7. The minimum atomic E-state index is -4.77. The minimum Gasteiger partial charge on any atom is -0.300 e. The zero-order valence-corrected chi connectivity index (χ0v) is 18.0. The normalized spacial score (nSPS) is 12.7. The van der Waals surface area contributed by atoms with Gasteiger partial charge in [0.2, 0.25) is 10.0 Å². The summed E-state index contributed by atoms with van der Waals surface area (Å²) in [6, 6.07) is 15.6. The molecule has 0 unspecified atom stereocenters. The van der Waals surface area contributed by atoms with Crippen LogP contribution < -0.4 is 5.14 Å². The molecule has 3 N–H and O–H groups in total. The van der Waals surface area contributed by atoms with E-state index in [1.54, 1.807) is 48.5 Å². The molecule has 0 bridgehead atoms. The van der Waals surface area contributed by atoms with Crippen LogP contribution in [0.5, 0.6) is 0 Å². The second kappa shape index (κ2) is 8.91. The van der Waals surface area contributed by atoms with Crippen molar-refractivity contribution in [3.8, 4) is 10.4 Å². The first kappa shape index (κ1) is 23.1. The lowest BCUT2D eigenvalue weighted by molar-refractivity contribution is -0.0605. The molecular formula is C20H15ClF3N3O2S2. The number of halogens is 4. The van der Waals surface area contributed by atoms with Crippen molar-refractivity contribution in [2.75, 3.05) is 0 Å². The summed E-state index contributed by atoms with van der Waals surface area (Å²) in [6.45, 7) is 0. The predicted octanol–water partition coefficient (Wildman–Crippen LogP) is 5.81. The maximum atomic E-state index is 13.0. The van der Waals surface area contributed by atoms with E-state index in [4.69, 9.17) is 22.1 Å². The van der Waals surface area contributed by atoms with Crippen molar-refractivity contribution in [2.24, 2.45) is 10.1 Å². The molecule has 1 heterocycles. The Morgan fingerprint density at radius 1 is 1.06 bits per heavy atom. The van der Waals surface area contributed by atoms with Gasteiger partial charge in [-0.2, -0.15) is 13.2 Å². The molecule has 0 aliphatic rings. The Kier molecular flexibility index (Phi) is 6.65. The van der Waals surface area contributed by atoms with Crippen molar-refractivity contribution in [3.63, 3.8) is 0 Å². The highest BCUT2D eigenvalue weighted by molar-refractivity contribution is 7.89. The maximum Gasteiger partial charge on any atom is 0.429 e. The van der Waals surface area contributed by atoms with E-state index in [1.807, 2.05) is 0 Å². The average Bonchev–Trinajstić information content (AvgIpc) is 3.18. The van der Waals surface area contributed by atoms with Crippen LogP contribution in [0.1, 0.15) is 11.3 Å². The number of nitrogens with zero attached hydrogens (tertiary/aromatic N) is 1. The maximum absolute atomic E-state index is 13.0. The highest BCUT2D eigenvalue weighted by Gasteiger charge is 2.35. The van der Waals surface area contributed by atoms with Gasteiger partial charge in [0, 0.05) is 16.2 Å². The molecule has 2 aromatic carbocycles. The van der Waals surface area contributed by atoms with Gasteiger partial charge in [0.1, 0.15) is 5.71 Å². The summed E-state index contributed by atoms with van der Waals surface area (Å²) in [5.41, 5.74) is -0.424. The SMILES string of the molecule is N=C(CC(=Nc1ccccc1Cl)c1ccc(-c2ccc(S(N)(=O)=O)cc2)s1)C(F)(F)F. The summed E-state index contributed by atoms with van der Waals surface area (Å²) in [5, 5.41) is 12.8. The number of sulfonamides is 1. The van der Waals surface area contributed by atoms with Crippen molar-refractivity contribution in [3.05, 3.63) is 70.6 Å². The summed E-state index contributed by atoms with van der Waals surface area (Å²) in [4.78, 5) is 5.36. The first-order valence-corrected chi connectivity index (χ1v) is 11.4. The van der Waals surface area contributed by atoms with Crippen LogP contribution in [0.4, 0.5) is 18.9 Å². The van der Waals surface area contributed by atoms with Crippen LogP contribution in [0, 0.1) is 5.41 Å². The van der Waals surface area contributed by atoms with Gasteiger partial charge in [0.05, 0.1) is 21.3 Å². The van der Waals surface area contributed by atoms with Crippen LogP contribution in [0.3, 0.4) is 0 Å². The number of benzene rings is 2. The lowest BCUT2D eigenvalue weighted by Gasteiger charge is -2.10. The quantitative estimate of drug-likeness (QED) is 0.431. The molecule has 0 aliphatic carbocycles. The highest BCUT2D eigenvalue weighted by Crippen LogP contribution is 2.33. The summed E-state index contributed by atoms with van der Waals surface area (Å²) in [6.07, 6.45) is -5.50. The van der Waals surface area contributed by atoms with Gasteiger partial charge in [0.25, 0.3) is 0 Å². The molecule has 162 valence electrons. The second-order valence-electron chi connectivity index (χ2n) is 6.40. The monoisotopic (exact) mass is 485 g/mol. The number of rotatable bonds is 6. The van der Waals surface area contributed by atoms with Gasteiger partial charge in [-0.05, 0) is 42.0 Å². The second-order valence-corrected chi connectivity index (χ2v) is 9.45. The molecule has 3 aromatic rings. The highest BCUT2D eigenvalue weighted by atomic mass is 35.5. The van der Waals surface area contributed by atoms with Gasteiger partial charge < -0.3 is 5.41 Å². The lowest BCUT2D eigenvalue weighted by Crippen LogP contribution is -2.24. The average molecular weight is 486 g/mol. The third-order valence-electron chi connectivity index (χ3n) is 4.15. The van der Waals surface area contributed by atoms with Gasteiger partial charge in [-0.25, -0.2) is 13.6 Å². The van der Waals surface area contributed by atoms with E-state index in [9.17, 15) is 21.6 Å². The molecule has 0 aliphatic heterocycles. The molecular weight excluding hydrogens is 471 g/mol. The van der Waals surface area contributed by atoms with Crippen LogP contribution in [-0.2, 0) is 10.0 Å². The van der Waals surface area contributed by atoms with Crippen LogP contribution >= 0.6 is 22.9 Å². The van der Waals surface area contributed by atoms with E-state index in [2.05, 4.69) is 4.99 Å². The van der Waals surface area contributed by atoms with Crippen LogP contribution in [-0.4, -0.2) is 26.0 Å². The van der Waals surface area contributed by atoms with Gasteiger partial charge in [-0.1, -0.05) is 35.9 Å². The zero-order chi connectivity index (χ0) is 22.8. The van der Waals surface area contributed by atoms with E-state index in [0.717, 1.165) is 0 Å². The fourth-order valence-electron chi connectivity index (χ4n) is 2.59. The third-order valence-corrected chi connectivity index (χ3v) is 6.58. The van der Waals surface area contributed by atoms with Crippen molar-refractivity contribution in [1.29, 1.82) is 5.41 Å². The summed E-state index contributed by atoms with van der Waals surface area (Å²) < 4.78 is 61.8. The molecule has 1 aromatic heterocycles. The fraction of sp³-hybridized carbons (Fsp3) is 0.100. The predicted molar refractivity (Wildman–Crippen MR) is 117 cm³/mol. The third kappa shape index (κ3) is 5.79. The molecule has 0 spiro atoms. The number of aliphatic imine (C=N–C) groups is 1. The number of para-hydroxylation sites is 1. The standard InChI is InChI=1S/C20H15ClF3N3O2S2/c21-14-3-1-2-4-15(14)27-16(11-19(25)20(22,23)24)18-10-9-17(30-18)12-5-7-13(8-6-12)31(26,28)29/h1-10,25H,11H2,(H2,26,28,29). The van der Waals surface area contributed by atoms with Crippen molar-refractivity contribution >= 4 is 50.1 Å².